The molecule has 1 aliphatic heterocycles. The molecule has 4 rings (SSSR count). The van der Waals surface area contributed by atoms with Gasteiger partial charge in [0.05, 0.1) is 5.69 Å². The second-order valence-electron chi connectivity index (χ2n) is 6.56. The summed E-state index contributed by atoms with van der Waals surface area (Å²) in [6.45, 7) is 4.08. The van der Waals surface area contributed by atoms with Crippen LogP contribution in [0.25, 0.3) is 11.3 Å². The van der Waals surface area contributed by atoms with Crippen LogP contribution in [0.4, 0.5) is 0 Å². The minimum absolute atomic E-state index is 0.128. The van der Waals surface area contributed by atoms with Crippen molar-refractivity contribution in [2.24, 2.45) is 13.0 Å². The zero-order chi connectivity index (χ0) is 17.9. The summed E-state index contributed by atoms with van der Waals surface area (Å²) in [6, 6.07) is 3.95. The van der Waals surface area contributed by atoms with Gasteiger partial charge in [-0.05, 0) is 25.5 Å². The monoisotopic (exact) mass is 354 g/mol. The molecule has 4 heterocycles. The molecule has 1 aliphatic rings. The Kier molecular flexibility index (Phi) is 4.77. The predicted molar refractivity (Wildman–Crippen MR) is 94.0 cm³/mol. The number of aromatic nitrogens is 5. The fourth-order valence-corrected chi connectivity index (χ4v) is 3.36. The van der Waals surface area contributed by atoms with Crippen LogP contribution in [0.1, 0.15) is 29.8 Å². The maximum Gasteiger partial charge on any atom is 0.256 e. The van der Waals surface area contributed by atoms with Crippen LogP contribution < -0.4 is 5.32 Å². The van der Waals surface area contributed by atoms with Crippen molar-refractivity contribution >= 4 is 0 Å². The van der Waals surface area contributed by atoms with E-state index in [-0.39, 0.29) is 6.10 Å². The molecule has 136 valence electrons. The first kappa shape index (κ1) is 16.9. The SMILES string of the molecule is Cc1noc([C@H]2OCC[C@H]2CNCc2cn(C)nc2-c2ccncc2)n1. The number of rotatable bonds is 6. The van der Waals surface area contributed by atoms with Crippen LogP contribution in [-0.2, 0) is 18.3 Å². The zero-order valence-corrected chi connectivity index (χ0v) is 14.9. The van der Waals surface area contributed by atoms with E-state index in [1.807, 2.05) is 37.0 Å². The van der Waals surface area contributed by atoms with E-state index in [0.717, 1.165) is 36.3 Å². The third kappa shape index (κ3) is 3.51. The second-order valence-corrected chi connectivity index (χ2v) is 6.56. The maximum absolute atomic E-state index is 5.81. The topological polar surface area (TPSA) is 90.9 Å². The first-order valence-corrected chi connectivity index (χ1v) is 8.76. The quantitative estimate of drug-likeness (QED) is 0.724. The van der Waals surface area contributed by atoms with E-state index >= 15 is 0 Å². The minimum atomic E-state index is -0.128. The smallest absolute Gasteiger partial charge is 0.256 e. The van der Waals surface area contributed by atoms with E-state index in [1.54, 1.807) is 12.4 Å². The number of nitrogens with zero attached hydrogens (tertiary/aromatic N) is 5. The van der Waals surface area contributed by atoms with Crippen molar-refractivity contribution in [3.8, 4) is 11.3 Å². The molecule has 0 spiro atoms. The van der Waals surface area contributed by atoms with E-state index in [0.29, 0.717) is 24.2 Å². The average Bonchev–Trinajstić information content (AvgIpc) is 3.36. The molecule has 3 aromatic rings. The fraction of sp³-hybridized carbons (Fsp3) is 0.444. The van der Waals surface area contributed by atoms with Crippen LogP contribution in [0, 0.1) is 12.8 Å². The Balaban J connectivity index is 1.41. The highest BCUT2D eigenvalue weighted by Crippen LogP contribution is 2.33. The van der Waals surface area contributed by atoms with E-state index in [9.17, 15) is 0 Å². The van der Waals surface area contributed by atoms with Crippen molar-refractivity contribution < 1.29 is 9.26 Å². The summed E-state index contributed by atoms with van der Waals surface area (Å²) >= 11 is 0. The third-order valence-corrected chi connectivity index (χ3v) is 4.58. The molecule has 0 saturated carbocycles. The van der Waals surface area contributed by atoms with Crippen LogP contribution in [0.2, 0.25) is 0 Å². The Morgan fingerprint density at radius 1 is 1.31 bits per heavy atom. The van der Waals surface area contributed by atoms with Gasteiger partial charge >= 0.3 is 0 Å². The number of ether oxygens (including phenoxy) is 1. The molecule has 2 atom stereocenters. The van der Waals surface area contributed by atoms with Gasteiger partial charge in [-0.3, -0.25) is 9.67 Å². The lowest BCUT2D eigenvalue weighted by atomic mass is 10.0. The molecule has 1 N–H and O–H groups in total. The largest absolute Gasteiger partial charge is 0.368 e. The second kappa shape index (κ2) is 7.35. The van der Waals surface area contributed by atoms with Crippen LogP contribution in [0.3, 0.4) is 0 Å². The Morgan fingerprint density at radius 3 is 2.92 bits per heavy atom. The lowest BCUT2D eigenvalue weighted by Gasteiger charge is -2.15. The summed E-state index contributed by atoms with van der Waals surface area (Å²) in [4.78, 5) is 8.39. The van der Waals surface area contributed by atoms with Gasteiger partial charge in [-0.1, -0.05) is 5.16 Å². The average molecular weight is 354 g/mol. The van der Waals surface area contributed by atoms with Crippen molar-refractivity contribution in [2.75, 3.05) is 13.2 Å². The van der Waals surface area contributed by atoms with Gasteiger partial charge in [0.15, 0.2) is 5.82 Å². The predicted octanol–water partition coefficient (Wildman–Crippen LogP) is 2.04. The summed E-state index contributed by atoms with van der Waals surface area (Å²) in [6.07, 6.45) is 6.47. The molecule has 8 nitrogen and oxygen atoms in total. The summed E-state index contributed by atoms with van der Waals surface area (Å²) in [5.41, 5.74) is 3.21. The molecule has 0 amide bonds. The third-order valence-electron chi connectivity index (χ3n) is 4.58. The van der Waals surface area contributed by atoms with Crippen LogP contribution in [-0.4, -0.2) is 38.1 Å². The Hall–Kier alpha value is -2.58. The van der Waals surface area contributed by atoms with Gasteiger partial charge in [0, 0.05) is 62.4 Å². The highest BCUT2D eigenvalue weighted by Gasteiger charge is 2.33. The highest BCUT2D eigenvalue weighted by molar-refractivity contribution is 5.61. The van der Waals surface area contributed by atoms with Gasteiger partial charge in [-0.2, -0.15) is 10.1 Å². The lowest BCUT2D eigenvalue weighted by molar-refractivity contribution is 0.0623. The molecule has 8 heteroatoms. The molecule has 1 saturated heterocycles. The minimum Gasteiger partial charge on any atom is -0.368 e. The number of aryl methyl sites for hydroxylation is 2. The van der Waals surface area contributed by atoms with Gasteiger partial charge in [0.25, 0.3) is 5.89 Å². The van der Waals surface area contributed by atoms with Gasteiger partial charge in [0.2, 0.25) is 0 Å². The summed E-state index contributed by atoms with van der Waals surface area (Å²) in [5, 5.41) is 12.0. The van der Waals surface area contributed by atoms with Gasteiger partial charge < -0.3 is 14.6 Å². The molecular formula is C18H22N6O2. The summed E-state index contributed by atoms with van der Waals surface area (Å²) < 4.78 is 12.9. The van der Waals surface area contributed by atoms with E-state index in [1.165, 1.54) is 0 Å². The van der Waals surface area contributed by atoms with Crippen molar-refractivity contribution in [2.45, 2.75) is 26.0 Å². The Bertz CT molecular complexity index is 860. The van der Waals surface area contributed by atoms with Crippen molar-refractivity contribution in [1.29, 1.82) is 0 Å². The zero-order valence-electron chi connectivity index (χ0n) is 14.9. The van der Waals surface area contributed by atoms with E-state index in [4.69, 9.17) is 9.26 Å². The first-order valence-electron chi connectivity index (χ1n) is 8.76. The molecule has 0 aliphatic carbocycles. The molecule has 0 radical (unpaired) electrons. The normalized spacial score (nSPS) is 19.9. The standard InChI is InChI=1S/C18H22N6O2/c1-12-21-18(26-23-12)17-14(5-8-25-17)9-20-10-15-11-24(2)22-16(15)13-3-6-19-7-4-13/h3-4,6-7,11,14,17,20H,5,8-10H2,1-2H3/t14-,17-/m0/s1. The molecular weight excluding hydrogens is 332 g/mol. The van der Waals surface area contributed by atoms with E-state index < -0.39 is 0 Å². The van der Waals surface area contributed by atoms with Crippen molar-refractivity contribution in [3.05, 3.63) is 48.0 Å². The van der Waals surface area contributed by atoms with Crippen molar-refractivity contribution in [3.63, 3.8) is 0 Å². The Labute approximate surface area is 151 Å². The Morgan fingerprint density at radius 2 is 2.15 bits per heavy atom. The first-order chi connectivity index (χ1) is 12.7. The number of hydrogen-bond donors (Lipinski definition) is 1. The number of pyridine rings is 1. The van der Waals surface area contributed by atoms with Crippen LogP contribution >= 0.6 is 0 Å². The highest BCUT2D eigenvalue weighted by atomic mass is 16.5. The van der Waals surface area contributed by atoms with E-state index in [2.05, 4.69) is 25.5 Å². The van der Waals surface area contributed by atoms with Gasteiger partial charge in [-0.25, -0.2) is 0 Å². The lowest BCUT2D eigenvalue weighted by Crippen LogP contribution is -2.24. The number of nitrogens with one attached hydrogen (secondary N) is 1. The number of hydrogen-bond acceptors (Lipinski definition) is 7. The molecule has 0 aromatic carbocycles. The molecule has 0 bridgehead atoms. The molecule has 1 fully saturated rings. The summed E-state index contributed by atoms with van der Waals surface area (Å²) in [5.74, 6) is 1.53. The van der Waals surface area contributed by atoms with Crippen molar-refractivity contribution in [1.82, 2.24) is 30.2 Å². The van der Waals surface area contributed by atoms with Gasteiger partial charge in [0.1, 0.15) is 6.10 Å². The fourth-order valence-electron chi connectivity index (χ4n) is 3.36. The molecule has 26 heavy (non-hydrogen) atoms. The van der Waals surface area contributed by atoms with Crippen LogP contribution in [0.5, 0.6) is 0 Å². The van der Waals surface area contributed by atoms with Crippen LogP contribution in [0.15, 0.2) is 35.2 Å². The maximum atomic E-state index is 5.81. The summed E-state index contributed by atoms with van der Waals surface area (Å²) in [7, 11) is 1.94. The van der Waals surface area contributed by atoms with Gasteiger partial charge in [-0.15, -0.1) is 0 Å². The molecule has 3 aromatic heterocycles. The molecule has 0 unspecified atom stereocenters.